The number of furan rings is 1. The molecule has 5 atom stereocenters. The first-order valence-corrected chi connectivity index (χ1v) is 16.2. The Balaban J connectivity index is 1.65. The Kier molecular flexibility index (Phi) is 13.2. The van der Waals surface area contributed by atoms with Crippen molar-refractivity contribution in [1.29, 1.82) is 0 Å². The van der Waals surface area contributed by atoms with Crippen molar-refractivity contribution in [3.8, 4) is 10.6 Å². The lowest BCUT2D eigenvalue weighted by atomic mass is 9.89. The van der Waals surface area contributed by atoms with Gasteiger partial charge in [0.15, 0.2) is 0 Å². The molecule has 1 saturated heterocycles. The molecule has 42 heavy (non-hydrogen) atoms. The predicted molar refractivity (Wildman–Crippen MR) is 162 cm³/mol. The van der Waals surface area contributed by atoms with Crippen LogP contribution in [0.4, 0.5) is 8.78 Å². The highest BCUT2D eigenvalue weighted by molar-refractivity contribution is 7.15. The maximum Gasteiger partial charge on any atom is 0.267 e. The lowest BCUT2D eigenvalue weighted by Gasteiger charge is -2.46. The van der Waals surface area contributed by atoms with Crippen LogP contribution in [0.5, 0.6) is 0 Å². The smallest absolute Gasteiger partial charge is 0.267 e. The normalized spacial score (nSPS) is 22.7. The van der Waals surface area contributed by atoms with Gasteiger partial charge in [-0.15, -0.1) is 11.3 Å². The summed E-state index contributed by atoms with van der Waals surface area (Å²) in [5.41, 5.74) is 1.53. The Labute approximate surface area is 256 Å². The highest BCUT2D eigenvalue weighted by Crippen LogP contribution is 2.40. The molecule has 3 heterocycles. The van der Waals surface area contributed by atoms with Crippen LogP contribution >= 0.6 is 22.9 Å². The largest absolute Gasteiger partial charge is 0.463 e. The van der Waals surface area contributed by atoms with Crippen LogP contribution in [0.2, 0.25) is 5.02 Å². The van der Waals surface area contributed by atoms with Gasteiger partial charge in [-0.3, -0.25) is 0 Å². The van der Waals surface area contributed by atoms with Crippen molar-refractivity contribution >= 4 is 22.9 Å². The van der Waals surface area contributed by atoms with E-state index in [2.05, 4.69) is 18.8 Å². The van der Waals surface area contributed by atoms with Gasteiger partial charge >= 0.3 is 0 Å². The molecular formula is C32H42ClF2NO5S. The van der Waals surface area contributed by atoms with E-state index in [1.54, 1.807) is 18.5 Å². The van der Waals surface area contributed by atoms with Gasteiger partial charge in [-0.1, -0.05) is 63.8 Å². The van der Waals surface area contributed by atoms with Crippen LogP contribution < -0.4 is 0 Å². The van der Waals surface area contributed by atoms with E-state index in [0.29, 0.717) is 36.8 Å². The molecule has 0 spiro atoms. The third-order valence-electron chi connectivity index (χ3n) is 7.30. The third kappa shape index (κ3) is 8.61. The number of thiazole rings is 1. The zero-order valence-electron chi connectivity index (χ0n) is 24.6. The van der Waals surface area contributed by atoms with Crippen molar-refractivity contribution in [2.24, 2.45) is 0 Å². The molecule has 232 valence electrons. The van der Waals surface area contributed by atoms with Crippen molar-refractivity contribution in [3.05, 3.63) is 63.9 Å². The fraction of sp³-hybridized carbons (Fsp3) is 0.594. The minimum atomic E-state index is -2.75. The highest BCUT2D eigenvalue weighted by atomic mass is 35.5. The fourth-order valence-electron chi connectivity index (χ4n) is 4.99. The van der Waals surface area contributed by atoms with E-state index >= 15 is 0 Å². The van der Waals surface area contributed by atoms with E-state index in [1.807, 2.05) is 31.2 Å². The molecule has 0 bridgehead atoms. The first-order chi connectivity index (χ1) is 20.5. The molecule has 1 aromatic carbocycles. The number of ether oxygens (including phenoxy) is 4. The van der Waals surface area contributed by atoms with Crippen LogP contribution in [0.15, 0.2) is 47.2 Å². The van der Waals surface area contributed by atoms with Crippen molar-refractivity contribution in [2.45, 2.75) is 103 Å². The van der Waals surface area contributed by atoms with Gasteiger partial charge in [-0.2, -0.15) is 0 Å². The number of hydrogen-bond acceptors (Lipinski definition) is 7. The molecule has 0 N–H and O–H groups in total. The Bertz CT molecular complexity index is 1190. The van der Waals surface area contributed by atoms with Gasteiger partial charge in [0.05, 0.1) is 16.1 Å². The number of unbranched alkanes of at least 4 members (excludes halogenated alkanes) is 3. The van der Waals surface area contributed by atoms with Gasteiger partial charge in [-0.05, 0) is 48.6 Å². The highest BCUT2D eigenvalue weighted by Gasteiger charge is 2.51. The maximum absolute atomic E-state index is 14.6. The summed E-state index contributed by atoms with van der Waals surface area (Å²) < 4.78 is 59.7. The zero-order chi connectivity index (χ0) is 29.9. The summed E-state index contributed by atoms with van der Waals surface area (Å²) in [7, 11) is 0. The number of benzene rings is 1. The Morgan fingerprint density at radius 1 is 0.929 bits per heavy atom. The van der Waals surface area contributed by atoms with Gasteiger partial charge < -0.3 is 23.4 Å². The molecule has 0 radical (unpaired) electrons. The Morgan fingerprint density at radius 3 is 2.21 bits per heavy atom. The summed E-state index contributed by atoms with van der Waals surface area (Å²) in [6.07, 6.45) is 1.75. The third-order valence-corrected chi connectivity index (χ3v) is 8.68. The van der Waals surface area contributed by atoms with Gasteiger partial charge in [0.1, 0.15) is 36.3 Å². The first-order valence-electron chi connectivity index (χ1n) is 15.0. The van der Waals surface area contributed by atoms with Crippen molar-refractivity contribution in [2.75, 3.05) is 19.8 Å². The number of aromatic nitrogens is 1. The van der Waals surface area contributed by atoms with Gasteiger partial charge in [0, 0.05) is 37.5 Å². The average Bonchev–Trinajstić information content (AvgIpc) is 3.68. The summed E-state index contributed by atoms with van der Waals surface area (Å²) in [6, 6.07) is 9.26. The zero-order valence-corrected chi connectivity index (χ0v) is 26.2. The molecule has 1 fully saturated rings. The van der Waals surface area contributed by atoms with E-state index < -0.39 is 36.9 Å². The first kappa shape index (κ1) is 33.0. The lowest BCUT2D eigenvalue weighted by molar-refractivity contribution is -0.280. The lowest BCUT2D eigenvalue weighted by Crippen LogP contribution is -2.59. The van der Waals surface area contributed by atoms with Crippen LogP contribution in [0.1, 0.15) is 81.5 Å². The van der Waals surface area contributed by atoms with E-state index in [9.17, 15) is 8.78 Å². The quantitative estimate of drug-likeness (QED) is 0.140. The van der Waals surface area contributed by atoms with E-state index in [4.69, 9.17) is 35.0 Å². The molecule has 10 heteroatoms. The molecule has 0 unspecified atom stereocenters. The van der Waals surface area contributed by atoms with Crippen LogP contribution in [0.3, 0.4) is 0 Å². The molecule has 1 aliphatic heterocycles. The summed E-state index contributed by atoms with van der Waals surface area (Å²) >= 11 is 8.16. The van der Waals surface area contributed by atoms with Gasteiger partial charge in [0.2, 0.25) is 0 Å². The summed E-state index contributed by atoms with van der Waals surface area (Å²) in [6.45, 7) is 7.43. The average molecular weight is 626 g/mol. The van der Waals surface area contributed by atoms with Crippen LogP contribution in [-0.4, -0.2) is 55.6 Å². The van der Waals surface area contributed by atoms with Crippen LogP contribution in [0.25, 0.3) is 10.6 Å². The monoisotopic (exact) mass is 625 g/mol. The minimum Gasteiger partial charge on any atom is -0.463 e. The molecule has 3 aromatic rings. The minimum absolute atomic E-state index is 0.354. The van der Waals surface area contributed by atoms with Crippen molar-refractivity contribution in [3.63, 3.8) is 0 Å². The second kappa shape index (κ2) is 16.8. The summed E-state index contributed by atoms with van der Waals surface area (Å²) in [5.74, 6) is 0.754. The van der Waals surface area contributed by atoms with Gasteiger partial charge in [-0.25, -0.2) is 13.8 Å². The van der Waals surface area contributed by atoms with E-state index in [0.717, 1.165) is 59.7 Å². The topological polar surface area (TPSA) is 63.0 Å². The standard InChI is InChI=1S/C32H42ClF2NO5S/c1-4-7-14-38-28-27(41-31(32(34)35)30(40-16-9-6-3)29(28)39-15-8-5-2)21-12-13-23(33)22(18-21)19-26-36-20-25(42-26)24-11-10-17-37-24/h10-13,17-18,20,27-32H,4-9,14-16,19H2,1-3H3/t27-,28-,29+,30-,31-/m0/s1. The fourth-order valence-corrected chi connectivity index (χ4v) is 6.08. The second-order valence-corrected chi connectivity index (χ2v) is 12.1. The molecule has 0 amide bonds. The Morgan fingerprint density at radius 2 is 1.60 bits per heavy atom. The summed E-state index contributed by atoms with van der Waals surface area (Å²) in [4.78, 5) is 5.48. The molecule has 6 nitrogen and oxygen atoms in total. The van der Waals surface area contributed by atoms with Gasteiger partial charge in [0.25, 0.3) is 6.43 Å². The molecular weight excluding hydrogens is 584 g/mol. The summed E-state index contributed by atoms with van der Waals surface area (Å²) in [5, 5.41) is 1.42. The number of rotatable bonds is 17. The molecule has 4 rings (SSSR count). The predicted octanol–water partition coefficient (Wildman–Crippen LogP) is 8.91. The van der Waals surface area contributed by atoms with Crippen LogP contribution in [0, 0.1) is 0 Å². The second-order valence-electron chi connectivity index (χ2n) is 10.5. The maximum atomic E-state index is 14.6. The number of alkyl halides is 2. The molecule has 0 aliphatic carbocycles. The number of hydrogen-bond donors (Lipinski definition) is 0. The van der Waals surface area contributed by atoms with E-state index in [-0.39, 0.29) is 0 Å². The van der Waals surface area contributed by atoms with E-state index in [1.165, 1.54) is 11.3 Å². The van der Waals surface area contributed by atoms with Crippen LogP contribution in [-0.2, 0) is 25.4 Å². The van der Waals surface area contributed by atoms with Crippen molar-refractivity contribution < 1.29 is 32.1 Å². The van der Waals surface area contributed by atoms with Crippen molar-refractivity contribution in [1.82, 2.24) is 4.98 Å². The number of halogens is 3. The molecule has 2 aromatic heterocycles. The Hall–Kier alpha value is -1.88. The SMILES string of the molecule is CCCCO[C@@H]1[C@@H](OCCCC)[C@H](c2ccc(Cl)c(Cc3ncc(-c4ccco4)s3)c2)O[C@H](C(F)F)[C@H]1OCCCC. The molecule has 0 saturated carbocycles. The number of nitrogens with zero attached hydrogens (tertiary/aromatic N) is 1. The molecule has 1 aliphatic rings.